The maximum absolute atomic E-state index is 8.59. The fourth-order valence-corrected chi connectivity index (χ4v) is 1.44. The van der Waals surface area contributed by atoms with E-state index in [4.69, 9.17) is 26.3 Å². The number of methoxy groups -OCH3 is 2. The Morgan fingerprint density at radius 1 is 1.33 bits per heavy atom. The van der Waals surface area contributed by atoms with Crippen LogP contribution in [0.5, 0.6) is 11.5 Å². The highest BCUT2D eigenvalue weighted by molar-refractivity contribution is 6.22. The third kappa shape index (κ3) is 3.03. The minimum atomic E-state index is -0.511. The van der Waals surface area contributed by atoms with Crippen LogP contribution in [0.1, 0.15) is 5.56 Å². The van der Waals surface area contributed by atoms with Gasteiger partial charge in [0.2, 0.25) is 0 Å². The monoisotopic (exact) mass is 225 g/mol. The third-order valence-corrected chi connectivity index (χ3v) is 2.25. The van der Waals surface area contributed by atoms with Gasteiger partial charge in [0, 0.05) is 6.42 Å². The van der Waals surface area contributed by atoms with Gasteiger partial charge in [0.15, 0.2) is 11.5 Å². The van der Waals surface area contributed by atoms with E-state index >= 15 is 0 Å². The van der Waals surface area contributed by atoms with Crippen molar-refractivity contribution in [2.75, 3.05) is 14.2 Å². The molecule has 1 unspecified atom stereocenters. The van der Waals surface area contributed by atoms with E-state index in [1.165, 1.54) is 0 Å². The maximum Gasteiger partial charge on any atom is 0.160 e. The van der Waals surface area contributed by atoms with Gasteiger partial charge < -0.3 is 9.47 Å². The van der Waals surface area contributed by atoms with Gasteiger partial charge in [-0.25, -0.2) is 0 Å². The molecule has 0 N–H and O–H groups in total. The number of ether oxygens (including phenoxy) is 2. The molecule has 0 saturated heterocycles. The van der Waals surface area contributed by atoms with Crippen LogP contribution in [-0.4, -0.2) is 19.6 Å². The third-order valence-electron chi connectivity index (χ3n) is 2.00. The molecule has 3 nitrogen and oxygen atoms in total. The Bertz CT molecular complexity index is 373. The highest BCUT2D eigenvalue weighted by Gasteiger charge is 2.08. The van der Waals surface area contributed by atoms with E-state index < -0.39 is 5.38 Å². The molecule has 1 rings (SSSR count). The number of halogens is 1. The van der Waals surface area contributed by atoms with Crippen LogP contribution >= 0.6 is 11.6 Å². The first-order valence-corrected chi connectivity index (χ1v) is 4.89. The molecule has 0 fully saturated rings. The zero-order valence-electron chi connectivity index (χ0n) is 8.66. The summed E-state index contributed by atoms with van der Waals surface area (Å²) < 4.78 is 10.2. The number of rotatable bonds is 4. The van der Waals surface area contributed by atoms with E-state index in [1.54, 1.807) is 20.3 Å². The first kappa shape index (κ1) is 11.7. The van der Waals surface area contributed by atoms with Gasteiger partial charge in [-0.05, 0) is 17.7 Å². The van der Waals surface area contributed by atoms with Gasteiger partial charge in [-0.15, -0.1) is 11.6 Å². The predicted octanol–water partition coefficient (Wildman–Crippen LogP) is 2.38. The molecule has 1 atom stereocenters. The number of nitriles is 1. The van der Waals surface area contributed by atoms with Crippen molar-refractivity contribution in [3.8, 4) is 17.6 Å². The Hall–Kier alpha value is -1.40. The lowest BCUT2D eigenvalue weighted by atomic mass is 10.1. The Labute approximate surface area is 94.2 Å². The summed E-state index contributed by atoms with van der Waals surface area (Å²) in [6.45, 7) is 0. The van der Waals surface area contributed by atoms with Crippen LogP contribution < -0.4 is 9.47 Å². The fraction of sp³-hybridized carbons (Fsp3) is 0.364. The summed E-state index contributed by atoms with van der Waals surface area (Å²) in [6.07, 6.45) is 0.498. The number of hydrogen-bond donors (Lipinski definition) is 0. The van der Waals surface area contributed by atoms with Gasteiger partial charge >= 0.3 is 0 Å². The van der Waals surface area contributed by atoms with Gasteiger partial charge in [0.25, 0.3) is 0 Å². The lowest BCUT2D eigenvalue weighted by Crippen LogP contribution is -2.00. The second-order valence-electron chi connectivity index (χ2n) is 2.99. The average molecular weight is 226 g/mol. The largest absolute Gasteiger partial charge is 0.493 e. The van der Waals surface area contributed by atoms with Crippen molar-refractivity contribution in [3.05, 3.63) is 23.8 Å². The van der Waals surface area contributed by atoms with E-state index in [9.17, 15) is 0 Å². The van der Waals surface area contributed by atoms with Gasteiger partial charge in [0.05, 0.1) is 20.3 Å². The van der Waals surface area contributed by atoms with E-state index in [1.807, 2.05) is 18.2 Å². The fourth-order valence-electron chi connectivity index (χ4n) is 1.26. The molecule has 0 spiro atoms. The van der Waals surface area contributed by atoms with E-state index in [-0.39, 0.29) is 0 Å². The molecule has 0 aliphatic heterocycles. The number of nitrogens with zero attached hydrogens (tertiary/aromatic N) is 1. The van der Waals surface area contributed by atoms with Crippen molar-refractivity contribution in [2.45, 2.75) is 11.8 Å². The van der Waals surface area contributed by atoms with Gasteiger partial charge in [0.1, 0.15) is 5.38 Å². The molecule has 0 aromatic heterocycles. The summed E-state index contributed by atoms with van der Waals surface area (Å²) in [5.41, 5.74) is 0.953. The SMILES string of the molecule is COc1ccc(CC(Cl)C#N)cc1OC. The van der Waals surface area contributed by atoms with Crippen LogP contribution in [0.15, 0.2) is 18.2 Å². The molecule has 0 radical (unpaired) electrons. The molecular weight excluding hydrogens is 214 g/mol. The predicted molar refractivity (Wildman–Crippen MR) is 58.5 cm³/mol. The molecule has 80 valence electrons. The molecule has 0 aliphatic carbocycles. The standard InChI is InChI=1S/C11H12ClNO2/c1-14-10-4-3-8(5-9(12)7-13)6-11(10)15-2/h3-4,6,9H,5H2,1-2H3. The van der Waals surface area contributed by atoms with Crippen LogP contribution in [0.25, 0.3) is 0 Å². The first-order chi connectivity index (χ1) is 7.21. The van der Waals surface area contributed by atoms with Crippen molar-refractivity contribution >= 4 is 11.6 Å². The van der Waals surface area contributed by atoms with E-state index in [0.717, 1.165) is 5.56 Å². The normalized spacial score (nSPS) is 11.6. The van der Waals surface area contributed by atoms with E-state index in [2.05, 4.69) is 0 Å². The molecule has 0 saturated carbocycles. The van der Waals surface area contributed by atoms with Gasteiger partial charge in [-0.2, -0.15) is 5.26 Å². The molecule has 0 heterocycles. The lowest BCUT2D eigenvalue weighted by Gasteiger charge is -2.09. The second-order valence-corrected chi connectivity index (χ2v) is 3.52. The number of benzene rings is 1. The lowest BCUT2D eigenvalue weighted by molar-refractivity contribution is 0.354. The number of hydrogen-bond acceptors (Lipinski definition) is 3. The van der Waals surface area contributed by atoms with Crippen LogP contribution in [-0.2, 0) is 6.42 Å². The Morgan fingerprint density at radius 2 is 2.00 bits per heavy atom. The number of alkyl halides is 1. The van der Waals surface area contributed by atoms with Crippen LogP contribution in [0.4, 0.5) is 0 Å². The van der Waals surface area contributed by atoms with Crippen LogP contribution in [0, 0.1) is 11.3 Å². The minimum absolute atomic E-state index is 0.498. The summed E-state index contributed by atoms with van der Waals surface area (Å²) in [5.74, 6) is 1.32. The summed E-state index contributed by atoms with van der Waals surface area (Å²) >= 11 is 5.74. The molecular formula is C11H12ClNO2. The van der Waals surface area contributed by atoms with Crippen molar-refractivity contribution in [1.29, 1.82) is 5.26 Å². The summed E-state index contributed by atoms with van der Waals surface area (Å²) in [5, 5.41) is 8.07. The summed E-state index contributed by atoms with van der Waals surface area (Å²) in [7, 11) is 3.15. The maximum atomic E-state index is 8.59. The zero-order valence-corrected chi connectivity index (χ0v) is 9.41. The van der Waals surface area contributed by atoms with Crippen molar-refractivity contribution in [2.24, 2.45) is 0 Å². The molecule has 1 aromatic carbocycles. The topological polar surface area (TPSA) is 42.2 Å². The summed E-state index contributed by atoms with van der Waals surface area (Å²) in [4.78, 5) is 0. The minimum Gasteiger partial charge on any atom is -0.493 e. The van der Waals surface area contributed by atoms with E-state index in [0.29, 0.717) is 17.9 Å². The van der Waals surface area contributed by atoms with Crippen LogP contribution in [0.3, 0.4) is 0 Å². The molecule has 0 bridgehead atoms. The Morgan fingerprint density at radius 3 is 2.53 bits per heavy atom. The molecule has 4 heteroatoms. The Balaban J connectivity index is 2.89. The second kappa shape index (κ2) is 5.47. The van der Waals surface area contributed by atoms with Gasteiger partial charge in [-0.1, -0.05) is 6.07 Å². The average Bonchev–Trinajstić information content (AvgIpc) is 2.28. The molecule has 0 aliphatic rings. The highest BCUT2D eigenvalue weighted by atomic mass is 35.5. The zero-order chi connectivity index (χ0) is 11.3. The molecule has 0 amide bonds. The van der Waals surface area contributed by atoms with Gasteiger partial charge in [-0.3, -0.25) is 0 Å². The summed E-state index contributed by atoms with van der Waals surface area (Å²) in [6, 6.07) is 7.47. The molecule has 1 aromatic rings. The van der Waals surface area contributed by atoms with Crippen molar-refractivity contribution in [3.63, 3.8) is 0 Å². The highest BCUT2D eigenvalue weighted by Crippen LogP contribution is 2.28. The quantitative estimate of drug-likeness (QED) is 0.739. The van der Waals surface area contributed by atoms with Crippen molar-refractivity contribution in [1.82, 2.24) is 0 Å². The molecule has 15 heavy (non-hydrogen) atoms. The van der Waals surface area contributed by atoms with Crippen molar-refractivity contribution < 1.29 is 9.47 Å². The van der Waals surface area contributed by atoms with Crippen LogP contribution in [0.2, 0.25) is 0 Å². The first-order valence-electron chi connectivity index (χ1n) is 4.46. The Kier molecular flexibility index (Phi) is 4.26. The smallest absolute Gasteiger partial charge is 0.160 e.